The van der Waals surface area contributed by atoms with Crippen molar-refractivity contribution in [2.75, 3.05) is 0 Å². The number of amides is 1. The number of carbonyl (C=O) groups is 1. The van der Waals surface area contributed by atoms with E-state index in [0.29, 0.717) is 12.8 Å². The Labute approximate surface area is 94.6 Å². The van der Waals surface area contributed by atoms with Gasteiger partial charge in [-0.05, 0) is 12.0 Å². The lowest BCUT2D eigenvalue weighted by Crippen LogP contribution is -2.33. The minimum Gasteiger partial charge on any atom is -0.327 e. The number of hydrogen-bond acceptors (Lipinski definition) is 2. The van der Waals surface area contributed by atoms with E-state index in [4.69, 9.17) is 4.74 Å². The summed E-state index contributed by atoms with van der Waals surface area (Å²) in [5.74, 6) is -0.330. The molecule has 1 rings (SSSR count). The third-order valence-electron chi connectivity index (χ3n) is 1.99. The molecule has 16 heavy (non-hydrogen) atoms. The van der Waals surface area contributed by atoms with Gasteiger partial charge in [-0.25, -0.2) is 0 Å². The minimum absolute atomic E-state index is 0.147. The molecule has 0 fully saturated rings. The molecule has 1 aromatic rings. The molecule has 0 saturated heterocycles. The van der Waals surface area contributed by atoms with Crippen LogP contribution in [0.25, 0.3) is 0 Å². The van der Waals surface area contributed by atoms with Crippen LogP contribution in [0, 0.1) is 0 Å². The third kappa shape index (κ3) is 4.89. The van der Waals surface area contributed by atoms with Crippen molar-refractivity contribution in [1.82, 2.24) is 5.32 Å². The molecule has 0 heterocycles. The summed E-state index contributed by atoms with van der Waals surface area (Å²) in [4.78, 5) is 11.0. The summed E-state index contributed by atoms with van der Waals surface area (Å²) >= 11 is 0. The molecule has 88 valence electrons. The van der Waals surface area contributed by atoms with E-state index in [-0.39, 0.29) is 12.5 Å². The summed E-state index contributed by atoms with van der Waals surface area (Å²) in [6.07, 6.45) is 1.01. The molecule has 0 aliphatic rings. The average molecular weight is 225 g/mol. The second-order valence-electron chi connectivity index (χ2n) is 3.43. The van der Waals surface area contributed by atoms with E-state index >= 15 is 0 Å². The van der Waals surface area contributed by atoms with Crippen molar-refractivity contribution in [2.45, 2.75) is 32.9 Å². The highest BCUT2D eigenvalue weighted by molar-refractivity contribution is 5.75. The van der Waals surface area contributed by atoms with Crippen molar-refractivity contribution in [2.24, 2.45) is 0 Å². The Balaban J connectivity index is 2.25. The van der Waals surface area contributed by atoms with Crippen LogP contribution in [0.15, 0.2) is 30.3 Å². The maximum atomic E-state index is 13.1. The highest BCUT2D eigenvalue weighted by Crippen LogP contribution is 2.03. The Morgan fingerprint density at radius 1 is 1.44 bits per heavy atom. The first-order valence-corrected chi connectivity index (χ1v) is 5.31. The highest BCUT2D eigenvalue weighted by Gasteiger charge is 2.09. The second-order valence-corrected chi connectivity index (χ2v) is 3.43. The summed E-state index contributed by atoms with van der Waals surface area (Å²) in [7, 11) is 0. The second kappa shape index (κ2) is 6.95. The van der Waals surface area contributed by atoms with Gasteiger partial charge >= 0.3 is 0 Å². The fourth-order valence-corrected chi connectivity index (χ4v) is 1.21. The largest absolute Gasteiger partial charge is 0.327 e. The van der Waals surface area contributed by atoms with Crippen molar-refractivity contribution in [3.8, 4) is 0 Å². The molecule has 0 aliphatic heterocycles. The van der Waals surface area contributed by atoms with Gasteiger partial charge < -0.3 is 10.1 Å². The van der Waals surface area contributed by atoms with Crippen LogP contribution in [0.5, 0.6) is 0 Å². The van der Waals surface area contributed by atoms with Gasteiger partial charge in [-0.3, -0.25) is 4.79 Å². The van der Waals surface area contributed by atoms with Gasteiger partial charge in [0.05, 0.1) is 6.61 Å². The zero-order valence-corrected chi connectivity index (χ0v) is 9.28. The zero-order valence-electron chi connectivity index (χ0n) is 9.28. The Hall–Kier alpha value is -1.42. The van der Waals surface area contributed by atoms with Crippen LogP contribution in [-0.4, -0.2) is 12.4 Å². The molecule has 0 saturated carbocycles. The van der Waals surface area contributed by atoms with E-state index in [1.165, 1.54) is 0 Å². The monoisotopic (exact) mass is 225 g/mol. The molecule has 0 bridgehead atoms. The first kappa shape index (κ1) is 12.6. The summed E-state index contributed by atoms with van der Waals surface area (Å²) in [5, 5.41) is 2.12. The summed E-state index contributed by atoms with van der Waals surface area (Å²) in [5.41, 5.74) is 0.870. The third-order valence-corrected chi connectivity index (χ3v) is 1.99. The Kier molecular flexibility index (Phi) is 5.50. The molecule has 0 aliphatic carbocycles. The number of benzene rings is 1. The molecule has 1 aromatic carbocycles. The van der Waals surface area contributed by atoms with Crippen LogP contribution in [0.2, 0.25) is 0 Å². The maximum Gasteiger partial charge on any atom is 0.278 e. The summed E-state index contributed by atoms with van der Waals surface area (Å²) in [6.45, 7) is 0.269. The van der Waals surface area contributed by atoms with Gasteiger partial charge in [0.25, 0.3) is 6.48 Å². The normalized spacial score (nSPS) is 12.1. The predicted molar refractivity (Wildman–Crippen MR) is 59.2 cm³/mol. The predicted octanol–water partition coefficient (Wildman–Crippen LogP) is 2.37. The first-order valence-electron chi connectivity index (χ1n) is 5.31. The van der Waals surface area contributed by atoms with Crippen LogP contribution in [0.1, 0.15) is 25.3 Å². The van der Waals surface area contributed by atoms with Gasteiger partial charge in [-0.1, -0.05) is 37.3 Å². The number of carbonyl (C=O) groups excluding carboxylic acids is 1. The van der Waals surface area contributed by atoms with Gasteiger partial charge in [-0.2, -0.15) is 4.39 Å². The van der Waals surface area contributed by atoms with Crippen molar-refractivity contribution in [3.05, 3.63) is 35.9 Å². The number of hydrogen-bond donors (Lipinski definition) is 1. The van der Waals surface area contributed by atoms with Crippen molar-refractivity contribution in [1.29, 1.82) is 0 Å². The number of alkyl halides is 1. The van der Waals surface area contributed by atoms with Crippen LogP contribution < -0.4 is 5.32 Å². The summed E-state index contributed by atoms with van der Waals surface area (Å²) < 4.78 is 18.0. The zero-order chi connectivity index (χ0) is 11.8. The fraction of sp³-hybridized carbons (Fsp3) is 0.417. The lowest BCUT2D eigenvalue weighted by molar-refractivity contribution is -0.133. The lowest BCUT2D eigenvalue weighted by Gasteiger charge is -2.11. The molecule has 3 nitrogen and oxygen atoms in total. The van der Waals surface area contributed by atoms with Crippen LogP contribution in [0.4, 0.5) is 4.39 Å². The van der Waals surface area contributed by atoms with Gasteiger partial charge in [-0.15, -0.1) is 0 Å². The standard InChI is InChI=1S/C12H16FNO2/c1-2-6-11(15)14-12(13)16-9-10-7-4-3-5-8-10/h3-5,7-8,12H,2,6,9H2,1H3,(H,14,15). The molecule has 1 unspecified atom stereocenters. The van der Waals surface area contributed by atoms with Crippen molar-refractivity contribution < 1.29 is 13.9 Å². The first-order chi connectivity index (χ1) is 7.72. The minimum atomic E-state index is -1.74. The Morgan fingerprint density at radius 3 is 2.75 bits per heavy atom. The van der Waals surface area contributed by atoms with Gasteiger partial charge in [0.2, 0.25) is 5.91 Å². The lowest BCUT2D eigenvalue weighted by atomic mass is 10.2. The van der Waals surface area contributed by atoms with E-state index in [2.05, 4.69) is 5.32 Å². The topological polar surface area (TPSA) is 38.3 Å². The molecule has 4 heteroatoms. The quantitative estimate of drug-likeness (QED) is 0.596. The van der Waals surface area contributed by atoms with Crippen LogP contribution >= 0.6 is 0 Å². The molecule has 0 spiro atoms. The molecule has 0 radical (unpaired) electrons. The number of halogens is 1. The van der Waals surface area contributed by atoms with E-state index in [1.54, 1.807) is 0 Å². The molecule has 1 amide bonds. The summed E-state index contributed by atoms with van der Waals surface area (Å²) in [6, 6.07) is 9.24. The van der Waals surface area contributed by atoms with E-state index in [9.17, 15) is 9.18 Å². The SMILES string of the molecule is CCCC(=O)NC(F)OCc1ccccc1. The van der Waals surface area contributed by atoms with Gasteiger partial charge in [0, 0.05) is 6.42 Å². The van der Waals surface area contributed by atoms with Gasteiger partial charge in [0.1, 0.15) is 0 Å². The Bertz CT molecular complexity index is 316. The highest BCUT2D eigenvalue weighted by atomic mass is 19.1. The maximum absolute atomic E-state index is 13.1. The molecule has 1 atom stereocenters. The molecule has 0 aromatic heterocycles. The van der Waals surface area contributed by atoms with Crippen LogP contribution in [0.3, 0.4) is 0 Å². The van der Waals surface area contributed by atoms with Crippen molar-refractivity contribution in [3.63, 3.8) is 0 Å². The average Bonchev–Trinajstić information content (AvgIpc) is 2.28. The molecule has 1 N–H and O–H groups in total. The number of rotatable bonds is 6. The molecular weight excluding hydrogens is 209 g/mol. The number of nitrogens with one attached hydrogen (secondary N) is 1. The van der Waals surface area contributed by atoms with E-state index in [0.717, 1.165) is 5.56 Å². The van der Waals surface area contributed by atoms with E-state index in [1.807, 2.05) is 37.3 Å². The van der Waals surface area contributed by atoms with Gasteiger partial charge in [0.15, 0.2) is 0 Å². The van der Waals surface area contributed by atoms with Crippen LogP contribution in [-0.2, 0) is 16.1 Å². The van der Waals surface area contributed by atoms with E-state index < -0.39 is 6.48 Å². The number of ether oxygens (including phenoxy) is 1. The Morgan fingerprint density at radius 2 is 2.12 bits per heavy atom. The van der Waals surface area contributed by atoms with Crippen molar-refractivity contribution >= 4 is 5.91 Å². The fourth-order valence-electron chi connectivity index (χ4n) is 1.21. The smallest absolute Gasteiger partial charge is 0.278 e. The molecular formula is C12H16FNO2.